The molecule has 0 heterocycles. The van der Waals surface area contributed by atoms with Gasteiger partial charge in [0.15, 0.2) is 0 Å². The second-order valence-electron chi connectivity index (χ2n) is 29.4. The summed E-state index contributed by atoms with van der Waals surface area (Å²) >= 11 is 0. The van der Waals surface area contributed by atoms with Crippen LogP contribution in [-0.4, -0.2) is 64.7 Å². The number of benzene rings is 6. The summed E-state index contributed by atoms with van der Waals surface area (Å²) in [5, 5.41) is 32.6. The van der Waals surface area contributed by atoms with Gasteiger partial charge < -0.3 is 20.1 Å². The van der Waals surface area contributed by atoms with Crippen molar-refractivity contribution in [2.75, 3.05) is 0 Å². The van der Waals surface area contributed by atoms with E-state index in [1.54, 1.807) is 20.6 Å². The third-order valence-corrected chi connectivity index (χ3v) is 14.5. The minimum absolute atomic E-state index is 0.116. The van der Waals surface area contributed by atoms with Crippen molar-refractivity contribution in [1.82, 2.24) is 0 Å². The molecule has 0 atom stereocenters. The van der Waals surface area contributed by atoms with E-state index in [1.165, 1.54) is 110 Å². The molecule has 0 saturated heterocycles. The Morgan fingerprint density at radius 3 is 0.432 bits per heavy atom. The maximum absolute atomic E-state index is 8.59. The van der Waals surface area contributed by atoms with Gasteiger partial charge in [0.1, 0.15) is 0 Å². The van der Waals surface area contributed by atoms with Crippen molar-refractivity contribution in [1.29, 1.82) is 0 Å². The Morgan fingerprint density at radius 2 is 0.407 bits per heavy atom. The topological polar surface area (TPSA) is 221 Å². The van der Waals surface area contributed by atoms with Gasteiger partial charge in [-0.15, -0.1) is 12.6 Å². The molecule has 0 aromatic heterocycles. The molecule has 0 spiro atoms. The van der Waals surface area contributed by atoms with Crippen LogP contribution in [0.1, 0.15) is 402 Å². The molecule has 12 nitrogen and oxygen atoms in total. The van der Waals surface area contributed by atoms with Crippen LogP contribution in [0.25, 0.3) is 0 Å². The average molecular weight is 1690 g/mol. The normalized spacial score (nSPS) is 9.86. The summed E-state index contributed by atoms with van der Waals surface area (Å²) in [6.07, 6.45) is 18.9. The molecule has 0 unspecified atom stereocenters. The molecule has 2 aliphatic carbocycles. The van der Waals surface area contributed by atoms with Crippen LogP contribution in [0, 0.1) is 23.7 Å². The predicted molar refractivity (Wildman–Crippen MR) is 532 cm³/mol. The van der Waals surface area contributed by atoms with Crippen LogP contribution in [0.15, 0.2) is 182 Å². The third-order valence-electron chi connectivity index (χ3n) is 14.5. The van der Waals surface area contributed by atoms with E-state index in [2.05, 4.69) is 339 Å². The van der Waals surface area contributed by atoms with E-state index in [0.29, 0.717) is 41.8 Å². The Hall–Kier alpha value is -5.79. The fourth-order valence-electron chi connectivity index (χ4n) is 7.24. The maximum Gasteiger partial charge on any atom is 0.465 e. The molecule has 2 fully saturated rings. The van der Waals surface area contributed by atoms with Crippen LogP contribution in [0.2, 0.25) is 32.6 Å². The second-order valence-corrected chi connectivity index (χ2v) is 30.3. The third kappa shape index (κ3) is 155. The Balaban J connectivity index is -0.0000000735. The highest BCUT2D eigenvalue weighted by molar-refractivity contribution is 7.59. The highest BCUT2D eigenvalue weighted by atomic mass is 32.2. The standard InChI is InChI=1S/6C9H12.2C7H14.2C3H9BO.6C3H8.C2H7BO2.3C2H6.CO2.HO3P.O3S/c6*1-8(2)9-6-4-3-5-7-9;2*1-6(2)7-4-3-5-7;2*1-3-4(2)5;6*1-3-2;1-2-3(4)5;3*1-2;2-1-3;2*1-4(2)3/h6*3-8H,1-2H3;2*6-7H,3-5H2,1-2H3;2*5H,3H2,1-2H3;6*3H2,1-2H3;4-5H,2H2,1H3;3*1-2H3;;(H,1,2,3);. The first-order valence-corrected chi connectivity index (χ1v) is 47.4. The van der Waals surface area contributed by atoms with Crippen molar-refractivity contribution in [3.8, 4) is 0 Å². The smallest absolute Gasteiger partial charge is 0.451 e. The Labute approximate surface area is 737 Å². The molecule has 0 radical (unpaired) electrons. The average Bonchev–Trinajstić information content (AvgIpc) is 0.981. The molecule has 0 aliphatic heterocycles. The van der Waals surface area contributed by atoms with Crippen LogP contribution in [0.4, 0.5) is 0 Å². The van der Waals surface area contributed by atoms with Gasteiger partial charge in [-0.3, -0.25) is 4.89 Å². The van der Waals surface area contributed by atoms with E-state index in [0.717, 1.165) is 36.3 Å². The van der Waals surface area contributed by atoms with Crippen LogP contribution in [-0.2, 0) is 29.3 Å². The number of hydrogen-bond acceptors (Lipinski definition) is 11. The van der Waals surface area contributed by atoms with E-state index < -0.39 is 25.6 Å². The molecule has 0 amide bonds. The Morgan fingerprint density at radius 1 is 0.314 bits per heavy atom. The lowest BCUT2D eigenvalue weighted by atomic mass is 9.69. The van der Waals surface area contributed by atoms with Crippen molar-refractivity contribution < 1.29 is 56.3 Å². The van der Waals surface area contributed by atoms with E-state index in [1.807, 2.05) is 91.8 Å². The first-order valence-electron chi connectivity index (χ1n) is 45.2. The Bertz CT molecular complexity index is 2440. The first-order chi connectivity index (χ1) is 55.6. The van der Waals surface area contributed by atoms with Gasteiger partial charge in [0.2, 0.25) is 0 Å². The van der Waals surface area contributed by atoms with Crippen molar-refractivity contribution in [3.05, 3.63) is 215 Å². The largest absolute Gasteiger partial charge is 0.465 e. The fraction of sp³-hybridized carbons (Fsp3) is 0.634. The zero-order chi connectivity index (χ0) is 95.7. The lowest BCUT2D eigenvalue weighted by Gasteiger charge is -2.28. The van der Waals surface area contributed by atoms with E-state index in [4.69, 9.17) is 56.3 Å². The van der Waals surface area contributed by atoms with Gasteiger partial charge in [-0.2, -0.15) is 9.59 Å². The Kier molecular flexibility index (Phi) is 158. The molecule has 6 aromatic rings. The van der Waals surface area contributed by atoms with Crippen LogP contribution in [0.3, 0.4) is 0 Å². The van der Waals surface area contributed by atoms with Crippen molar-refractivity contribution >= 4 is 45.6 Å². The summed E-state index contributed by atoms with van der Waals surface area (Å²) in [6.45, 7) is 82.2. The maximum atomic E-state index is 8.59. The van der Waals surface area contributed by atoms with Gasteiger partial charge in [0, 0.05) is 0 Å². The number of rotatable bonds is 11. The summed E-state index contributed by atoms with van der Waals surface area (Å²) in [5.41, 5.74) is 8.49. The zero-order valence-corrected chi connectivity index (χ0v) is 85.6. The highest BCUT2D eigenvalue weighted by Gasteiger charge is 2.20. The SMILES string of the molecule is CC.CC.CC.CC(C)C1CCC1.CC(C)C1CCC1.CC(C)c1ccccc1.CC(C)c1ccccc1.CC(C)c1ccccc1.CC(C)c1ccccc1.CC(C)c1ccccc1.CC(C)c1ccccc1.CCB(C)O.CCB(C)O.CCB(O)O.CCC.CCC.CCC.CCC.CCC.CCC.O=C=O.O=P(=O)O.O=S(=O)=O. The zero-order valence-electron chi connectivity index (χ0n) is 83.9. The number of carbonyl (C=O) groups excluding carboxylic acids is 2. The number of hydrogen-bond donors (Lipinski definition) is 5. The predicted octanol–water partition coefficient (Wildman–Crippen LogP) is 32.5. The monoisotopic (exact) mass is 1690 g/mol. The van der Waals surface area contributed by atoms with Gasteiger partial charge in [-0.05, 0) is 98.9 Å². The van der Waals surface area contributed by atoms with Gasteiger partial charge in [0.05, 0.1) is 0 Å². The lowest BCUT2D eigenvalue weighted by molar-refractivity contribution is -0.191. The summed E-state index contributed by atoms with van der Waals surface area (Å²) in [6, 6.07) is 63.1. The highest BCUT2D eigenvalue weighted by Crippen LogP contribution is 2.33. The molecular weight excluding hydrogens is 1500 g/mol. The molecule has 118 heavy (non-hydrogen) atoms. The van der Waals surface area contributed by atoms with E-state index in [-0.39, 0.29) is 20.0 Å². The molecule has 5 N–H and O–H groups in total. The minimum Gasteiger partial charge on any atom is -0.451 e. The second kappa shape index (κ2) is 127. The fourth-order valence-corrected chi connectivity index (χ4v) is 7.24. The molecule has 8 rings (SSSR count). The first kappa shape index (κ1) is 147. The molecule has 0 bridgehead atoms. The molecule has 688 valence electrons. The molecule has 2 aliphatic rings. The summed E-state index contributed by atoms with van der Waals surface area (Å²) in [5.74, 6) is 8.02. The van der Waals surface area contributed by atoms with Gasteiger partial charge in [-0.1, -0.05) is 542 Å². The van der Waals surface area contributed by atoms with E-state index >= 15 is 0 Å². The van der Waals surface area contributed by atoms with Gasteiger partial charge in [0.25, 0.3) is 13.8 Å². The van der Waals surface area contributed by atoms with Crippen LogP contribution in [0.5, 0.6) is 0 Å². The summed E-state index contributed by atoms with van der Waals surface area (Å²) < 4.78 is 42.5. The van der Waals surface area contributed by atoms with Crippen molar-refractivity contribution in [2.45, 2.75) is 401 Å². The summed E-state index contributed by atoms with van der Waals surface area (Å²) in [7, 11) is -7.35. The molecule has 6 aromatic carbocycles. The quantitative estimate of drug-likeness (QED) is 0.0604. The van der Waals surface area contributed by atoms with Crippen LogP contribution >= 0.6 is 7.91 Å². The minimum atomic E-state index is -3.12. The van der Waals surface area contributed by atoms with Gasteiger partial charge >= 0.3 is 31.8 Å². The lowest BCUT2D eigenvalue weighted by Crippen LogP contribution is -2.16. The van der Waals surface area contributed by atoms with Crippen LogP contribution < -0.4 is 0 Å². The van der Waals surface area contributed by atoms with E-state index in [9.17, 15) is 0 Å². The molecule has 2 saturated carbocycles. The molecular formula is C101H192B3O12PS. The molecule has 17 heteroatoms. The van der Waals surface area contributed by atoms with Crippen molar-refractivity contribution in [3.63, 3.8) is 0 Å². The summed E-state index contributed by atoms with van der Waals surface area (Å²) in [4.78, 5) is 23.3. The van der Waals surface area contributed by atoms with Gasteiger partial charge in [-0.25, -0.2) is 9.13 Å². The van der Waals surface area contributed by atoms with Crippen molar-refractivity contribution in [2.24, 2.45) is 23.7 Å².